The third-order valence-electron chi connectivity index (χ3n) is 2.90. The topological polar surface area (TPSA) is 37.0 Å². The molecule has 0 aliphatic carbocycles. The second kappa shape index (κ2) is 4.87. The van der Waals surface area contributed by atoms with E-state index >= 15 is 0 Å². The molecule has 88 valence electrons. The maximum absolute atomic E-state index is 4.19. The maximum atomic E-state index is 4.19. The lowest BCUT2D eigenvalue weighted by Crippen LogP contribution is -1.97. The summed E-state index contributed by atoms with van der Waals surface area (Å²) in [6.07, 6.45) is 1.79. The minimum absolute atomic E-state index is 0.861. The Bertz CT molecular complexity index is 521. The van der Waals surface area contributed by atoms with E-state index in [0.29, 0.717) is 0 Å². The Morgan fingerprint density at radius 1 is 1.12 bits per heavy atom. The number of aromatic nitrogens is 1. The highest BCUT2D eigenvalue weighted by atomic mass is 15.0. The molecular weight excluding hydrogens is 210 g/mol. The lowest BCUT2D eigenvalue weighted by atomic mass is 10.1. The molecule has 0 bridgehead atoms. The van der Waals surface area contributed by atoms with Crippen LogP contribution < -0.4 is 10.6 Å². The monoisotopic (exact) mass is 227 g/mol. The summed E-state index contributed by atoms with van der Waals surface area (Å²) in [5.74, 6) is 0.861. The zero-order chi connectivity index (χ0) is 12.3. The van der Waals surface area contributed by atoms with Gasteiger partial charge in [-0.15, -0.1) is 0 Å². The molecule has 0 unspecified atom stereocenters. The van der Waals surface area contributed by atoms with Crippen molar-refractivity contribution in [1.82, 2.24) is 4.98 Å². The van der Waals surface area contributed by atoms with Crippen LogP contribution in [0.2, 0.25) is 0 Å². The molecule has 0 spiro atoms. The highest BCUT2D eigenvalue weighted by Crippen LogP contribution is 2.23. The van der Waals surface area contributed by atoms with Crippen molar-refractivity contribution in [2.45, 2.75) is 13.8 Å². The van der Waals surface area contributed by atoms with Gasteiger partial charge in [0.25, 0.3) is 0 Å². The van der Waals surface area contributed by atoms with Gasteiger partial charge in [-0.1, -0.05) is 12.1 Å². The van der Waals surface area contributed by atoms with Crippen LogP contribution in [0, 0.1) is 13.8 Å². The SMILES string of the molecule is CNc1cc(Nc2cccc(C)c2C)ccn1. The van der Waals surface area contributed by atoms with Crippen molar-refractivity contribution >= 4 is 17.2 Å². The predicted octanol–water partition coefficient (Wildman–Crippen LogP) is 3.48. The van der Waals surface area contributed by atoms with Gasteiger partial charge in [0, 0.05) is 30.7 Å². The number of nitrogens with zero attached hydrogens (tertiary/aromatic N) is 1. The molecule has 3 nitrogen and oxygen atoms in total. The number of pyridine rings is 1. The number of rotatable bonds is 3. The van der Waals surface area contributed by atoms with Crippen LogP contribution in [0.5, 0.6) is 0 Å². The van der Waals surface area contributed by atoms with Crippen molar-refractivity contribution in [2.24, 2.45) is 0 Å². The van der Waals surface area contributed by atoms with Crippen molar-refractivity contribution in [1.29, 1.82) is 0 Å². The molecule has 0 amide bonds. The van der Waals surface area contributed by atoms with Gasteiger partial charge in [0.1, 0.15) is 5.82 Å². The molecule has 1 aromatic carbocycles. The standard InChI is InChI=1S/C14H17N3/c1-10-5-4-6-13(11(10)2)17-12-7-8-16-14(9-12)15-3/h4-9H,1-3H3,(H2,15,16,17). The molecule has 0 radical (unpaired) electrons. The van der Waals surface area contributed by atoms with E-state index in [-0.39, 0.29) is 0 Å². The summed E-state index contributed by atoms with van der Waals surface area (Å²) in [6.45, 7) is 4.24. The van der Waals surface area contributed by atoms with E-state index in [1.807, 2.05) is 19.2 Å². The van der Waals surface area contributed by atoms with Crippen LogP contribution in [-0.2, 0) is 0 Å². The molecular formula is C14H17N3. The smallest absolute Gasteiger partial charge is 0.127 e. The molecule has 2 rings (SSSR count). The molecule has 1 heterocycles. The average molecular weight is 227 g/mol. The Kier molecular flexibility index (Phi) is 3.28. The van der Waals surface area contributed by atoms with Crippen molar-refractivity contribution in [3.05, 3.63) is 47.7 Å². The van der Waals surface area contributed by atoms with Gasteiger partial charge in [0.2, 0.25) is 0 Å². The summed E-state index contributed by atoms with van der Waals surface area (Å²) in [5.41, 5.74) is 4.74. The second-order valence-electron chi connectivity index (χ2n) is 4.05. The van der Waals surface area contributed by atoms with Gasteiger partial charge in [0.15, 0.2) is 0 Å². The minimum Gasteiger partial charge on any atom is -0.373 e. The van der Waals surface area contributed by atoms with E-state index in [4.69, 9.17) is 0 Å². The van der Waals surface area contributed by atoms with Gasteiger partial charge in [-0.2, -0.15) is 0 Å². The van der Waals surface area contributed by atoms with Crippen LogP contribution in [0.1, 0.15) is 11.1 Å². The number of hydrogen-bond donors (Lipinski definition) is 2. The molecule has 0 aliphatic heterocycles. The number of nitrogens with one attached hydrogen (secondary N) is 2. The fraction of sp³-hybridized carbons (Fsp3) is 0.214. The maximum Gasteiger partial charge on any atom is 0.127 e. The van der Waals surface area contributed by atoms with Gasteiger partial charge in [-0.05, 0) is 37.1 Å². The Labute approximate surface area is 102 Å². The van der Waals surface area contributed by atoms with Crippen molar-refractivity contribution in [3.63, 3.8) is 0 Å². The summed E-state index contributed by atoms with van der Waals surface area (Å²) >= 11 is 0. The Morgan fingerprint density at radius 3 is 2.71 bits per heavy atom. The van der Waals surface area contributed by atoms with Gasteiger partial charge in [0.05, 0.1) is 0 Å². The van der Waals surface area contributed by atoms with E-state index in [0.717, 1.165) is 17.2 Å². The van der Waals surface area contributed by atoms with E-state index < -0.39 is 0 Å². The number of benzene rings is 1. The summed E-state index contributed by atoms with van der Waals surface area (Å²) in [7, 11) is 1.87. The number of anilines is 3. The van der Waals surface area contributed by atoms with Gasteiger partial charge in [-0.25, -0.2) is 4.98 Å². The van der Waals surface area contributed by atoms with Gasteiger partial charge in [-0.3, -0.25) is 0 Å². The molecule has 0 saturated heterocycles. The first-order valence-corrected chi connectivity index (χ1v) is 5.68. The molecule has 2 N–H and O–H groups in total. The fourth-order valence-electron chi connectivity index (χ4n) is 1.69. The second-order valence-corrected chi connectivity index (χ2v) is 4.05. The first-order chi connectivity index (χ1) is 8.20. The molecule has 1 aromatic heterocycles. The quantitative estimate of drug-likeness (QED) is 0.842. The minimum atomic E-state index is 0.861. The number of hydrogen-bond acceptors (Lipinski definition) is 3. The Morgan fingerprint density at radius 2 is 1.94 bits per heavy atom. The van der Waals surface area contributed by atoms with Crippen LogP contribution in [0.3, 0.4) is 0 Å². The van der Waals surface area contributed by atoms with Crippen LogP contribution >= 0.6 is 0 Å². The van der Waals surface area contributed by atoms with E-state index in [1.165, 1.54) is 11.1 Å². The summed E-state index contributed by atoms with van der Waals surface area (Å²) < 4.78 is 0. The van der Waals surface area contributed by atoms with E-state index in [9.17, 15) is 0 Å². The highest BCUT2D eigenvalue weighted by Gasteiger charge is 2.01. The molecule has 3 heteroatoms. The molecule has 0 aliphatic rings. The fourth-order valence-corrected chi connectivity index (χ4v) is 1.69. The third kappa shape index (κ3) is 2.56. The zero-order valence-electron chi connectivity index (χ0n) is 10.4. The largest absolute Gasteiger partial charge is 0.373 e. The Hall–Kier alpha value is -2.03. The van der Waals surface area contributed by atoms with Crippen molar-refractivity contribution in [2.75, 3.05) is 17.7 Å². The van der Waals surface area contributed by atoms with Crippen LogP contribution in [0.25, 0.3) is 0 Å². The summed E-state index contributed by atoms with van der Waals surface area (Å²) in [5, 5.41) is 6.44. The lowest BCUT2D eigenvalue weighted by Gasteiger charge is -2.12. The zero-order valence-corrected chi connectivity index (χ0v) is 10.4. The van der Waals surface area contributed by atoms with Crippen LogP contribution in [0.4, 0.5) is 17.2 Å². The van der Waals surface area contributed by atoms with Crippen LogP contribution in [-0.4, -0.2) is 12.0 Å². The first kappa shape index (κ1) is 11.5. The summed E-state index contributed by atoms with van der Waals surface area (Å²) in [4.78, 5) is 4.19. The third-order valence-corrected chi connectivity index (χ3v) is 2.90. The van der Waals surface area contributed by atoms with Gasteiger partial charge < -0.3 is 10.6 Å². The molecule has 17 heavy (non-hydrogen) atoms. The summed E-state index contributed by atoms with van der Waals surface area (Å²) in [6, 6.07) is 10.2. The lowest BCUT2D eigenvalue weighted by molar-refractivity contribution is 1.28. The van der Waals surface area contributed by atoms with Crippen molar-refractivity contribution in [3.8, 4) is 0 Å². The highest BCUT2D eigenvalue weighted by molar-refractivity contribution is 5.66. The molecule has 2 aromatic rings. The molecule has 0 fully saturated rings. The molecule has 0 atom stereocenters. The Balaban J connectivity index is 2.28. The number of aryl methyl sites for hydroxylation is 1. The molecule has 0 saturated carbocycles. The van der Waals surface area contributed by atoms with E-state index in [1.54, 1.807) is 6.20 Å². The first-order valence-electron chi connectivity index (χ1n) is 5.68. The van der Waals surface area contributed by atoms with Crippen LogP contribution in [0.15, 0.2) is 36.5 Å². The van der Waals surface area contributed by atoms with E-state index in [2.05, 4.69) is 47.7 Å². The predicted molar refractivity (Wildman–Crippen MR) is 73.0 cm³/mol. The van der Waals surface area contributed by atoms with Gasteiger partial charge >= 0.3 is 0 Å². The van der Waals surface area contributed by atoms with Crippen molar-refractivity contribution < 1.29 is 0 Å². The normalized spacial score (nSPS) is 10.1. The average Bonchev–Trinajstić information content (AvgIpc) is 2.35.